The van der Waals surface area contributed by atoms with E-state index in [2.05, 4.69) is 35.1 Å². The van der Waals surface area contributed by atoms with Crippen LogP contribution < -0.4 is 21.3 Å². The van der Waals surface area contributed by atoms with E-state index in [0.29, 0.717) is 38.2 Å². The number of ketones is 1. The molecular weight excluding hydrogens is 596 g/mol. The molecule has 256 valence electrons. The minimum atomic E-state index is -1.07. The van der Waals surface area contributed by atoms with E-state index >= 15 is 0 Å². The van der Waals surface area contributed by atoms with Crippen molar-refractivity contribution in [3.8, 4) is 0 Å². The van der Waals surface area contributed by atoms with Gasteiger partial charge in [0, 0.05) is 38.5 Å². The average molecular weight is 653 g/mol. The number of amides is 5. The molecule has 2 aliphatic heterocycles. The number of carbonyl (C=O) groups is 5. The molecular formula is C32H56N6O6S. The number of carbonyl (C=O) groups excluding carboxylic acids is 5. The minimum Gasteiger partial charge on any atom is -0.353 e. The van der Waals surface area contributed by atoms with E-state index in [4.69, 9.17) is 0 Å². The number of nitrogens with one attached hydrogen (secondary N) is 4. The van der Waals surface area contributed by atoms with Gasteiger partial charge in [-0.05, 0) is 40.9 Å². The molecule has 3 rings (SSSR count). The van der Waals surface area contributed by atoms with E-state index < -0.39 is 58.2 Å². The van der Waals surface area contributed by atoms with Crippen LogP contribution in [0.1, 0.15) is 88.0 Å². The van der Waals surface area contributed by atoms with Gasteiger partial charge in [-0.1, -0.05) is 75.2 Å². The van der Waals surface area contributed by atoms with Crippen molar-refractivity contribution in [3.05, 3.63) is 0 Å². The second-order valence-corrected chi connectivity index (χ2v) is 17.2. The molecule has 45 heavy (non-hydrogen) atoms. The standard InChI is InChI=1S/C32H56N6O6S/c1-11-12-14-20(24(39)27(41)33-10)34-26(40)23-22-19(32(22,8)9)17-38(23)28(42)25(31(5,6)7)36-29(43)35-21(30(2,3)4)18-37-15-13-16-45(37)44/h19-23,25H,11-18H2,1-10H3,(H,33,41)(H,34,40)(H2,35,36,43)/t19?,20?,21-,22+,23+,25-,45?/m1/s1. The van der Waals surface area contributed by atoms with E-state index in [9.17, 15) is 28.2 Å². The molecule has 7 atom stereocenters. The zero-order valence-electron chi connectivity index (χ0n) is 28.9. The lowest BCUT2D eigenvalue weighted by molar-refractivity contribution is -0.145. The highest BCUT2D eigenvalue weighted by atomic mass is 32.2. The van der Waals surface area contributed by atoms with E-state index in [1.807, 2.05) is 52.8 Å². The first kappa shape index (κ1) is 36.9. The SMILES string of the molecule is CCCCC(NC(=O)[C@@H]1[C@@H]2C(CN1C(=O)[C@@H](NC(=O)N[C@H](CN1CCCS1=O)C(C)(C)C)C(C)(C)C)C2(C)C)C(=O)C(=O)NC. The number of unbranched alkanes of at least 4 members (excludes halogenated alkanes) is 1. The molecule has 0 spiro atoms. The Morgan fingerprint density at radius 2 is 1.62 bits per heavy atom. The van der Waals surface area contributed by atoms with Gasteiger partial charge in [0.1, 0.15) is 12.1 Å². The van der Waals surface area contributed by atoms with Crippen LogP contribution >= 0.6 is 0 Å². The average Bonchev–Trinajstić information content (AvgIpc) is 3.27. The molecule has 13 heteroatoms. The molecule has 3 unspecified atom stereocenters. The Morgan fingerprint density at radius 3 is 2.13 bits per heavy atom. The molecule has 5 amide bonds. The molecule has 4 N–H and O–H groups in total. The largest absolute Gasteiger partial charge is 0.353 e. The summed E-state index contributed by atoms with van der Waals surface area (Å²) in [5.41, 5.74) is -1.19. The molecule has 1 saturated carbocycles. The highest BCUT2D eigenvalue weighted by Crippen LogP contribution is 2.65. The van der Waals surface area contributed by atoms with E-state index in [0.717, 1.165) is 12.8 Å². The van der Waals surface area contributed by atoms with Crippen LogP contribution in [0.3, 0.4) is 0 Å². The van der Waals surface area contributed by atoms with Crippen molar-refractivity contribution in [2.24, 2.45) is 28.1 Å². The quantitative estimate of drug-likeness (QED) is 0.236. The van der Waals surface area contributed by atoms with Crippen molar-refractivity contribution in [1.82, 2.24) is 30.5 Å². The highest BCUT2D eigenvalue weighted by Gasteiger charge is 2.70. The summed E-state index contributed by atoms with van der Waals surface area (Å²) in [4.78, 5) is 68.3. The van der Waals surface area contributed by atoms with Crippen molar-refractivity contribution < 1.29 is 28.2 Å². The molecule has 2 saturated heterocycles. The summed E-state index contributed by atoms with van der Waals surface area (Å²) >= 11 is 0. The van der Waals surface area contributed by atoms with E-state index in [1.54, 1.807) is 4.90 Å². The van der Waals surface area contributed by atoms with Gasteiger partial charge < -0.3 is 26.2 Å². The van der Waals surface area contributed by atoms with Crippen molar-refractivity contribution >= 4 is 40.5 Å². The van der Waals surface area contributed by atoms with Gasteiger partial charge in [-0.25, -0.2) is 13.3 Å². The number of piperidine rings is 1. The maximum Gasteiger partial charge on any atom is 0.315 e. The molecule has 0 aromatic carbocycles. The molecule has 0 bridgehead atoms. The number of rotatable bonds is 12. The maximum atomic E-state index is 14.3. The Labute approximate surface area is 271 Å². The zero-order valence-corrected chi connectivity index (χ0v) is 29.7. The molecule has 0 aromatic rings. The summed E-state index contributed by atoms with van der Waals surface area (Å²) in [6.45, 7) is 19.2. The van der Waals surface area contributed by atoms with Gasteiger partial charge >= 0.3 is 6.03 Å². The lowest BCUT2D eigenvalue weighted by atomic mass is 9.85. The molecule has 3 aliphatic rings. The zero-order chi connectivity index (χ0) is 34.1. The van der Waals surface area contributed by atoms with Crippen LogP contribution in [0.4, 0.5) is 4.79 Å². The summed E-state index contributed by atoms with van der Waals surface area (Å²) < 4.78 is 14.3. The Bertz CT molecular complexity index is 1180. The predicted molar refractivity (Wildman–Crippen MR) is 174 cm³/mol. The third kappa shape index (κ3) is 8.44. The second-order valence-electron chi connectivity index (χ2n) is 15.6. The van der Waals surface area contributed by atoms with Crippen LogP contribution in [0.5, 0.6) is 0 Å². The third-order valence-corrected chi connectivity index (χ3v) is 11.4. The fourth-order valence-corrected chi connectivity index (χ4v) is 7.97. The number of urea groups is 1. The van der Waals surface area contributed by atoms with Crippen LogP contribution in [-0.4, -0.2) is 99.6 Å². The fraction of sp³-hybridized carbons (Fsp3) is 0.844. The smallest absolute Gasteiger partial charge is 0.315 e. The molecule has 12 nitrogen and oxygen atoms in total. The minimum absolute atomic E-state index is 0.0991. The van der Waals surface area contributed by atoms with Gasteiger partial charge in [0.15, 0.2) is 0 Å². The van der Waals surface area contributed by atoms with Crippen LogP contribution in [0.15, 0.2) is 0 Å². The second kappa shape index (κ2) is 14.1. The van der Waals surface area contributed by atoms with E-state index in [1.165, 1.54) is 7.05 Å². The fourth-order valence-electron chi connectivity index (χ4n) is 6.68. The predicted octanol–water partition coefficient (Wildman–Crippen LogP) is 1.96. The Kier molecular flexibility index (Phi) is 11.5. The lowest BCUT2D eigenvalue weighted by Gasteiger charge is -2.39. The highest BCUT2D eigenvalue weighted by molar-refractivity contribution is 7.82. The topological polar surface area (TPSA) is 157 Å². The number of nitrogens with zero attached hydrogens (tertiary/aromatic N) is 2. The molecule has 2 heterocycles. The molecule has 1 aliphatic carbocycles. The van der Waals surface area contributed by atoms with Crippen LogP contribution in [0, 0.1) is 28.1 Å². The van der Waals surface area contributed by atoms with Gasteiger partial charge in [0.05, 0.1) is 17.0 Å². The van der Waals surface area contributed by atoms with Crippen molar-refractivity contribution in [2.45, 2.75) is 112 Å². The monoisotopic (exact) mass is 652 g/mol. The van der Waals surface area contributed by atoms with Crippen molar-refractivity contribution in [1.29, 1.82) is 0 Å². The number of likely N-dealkylation sites (N-methyl/N-ethyl adjacent to an activating group) is 1. The van der Waals surface area contributed by atoms with Gasteiger partial charge in [0.25, 0.3) is 5.91 Å². The van der Waals surface area contributed by atoms with E-state index in [-0.39, 0.29) is 34.6 Å². The van der Waals surface area contributed by atoms with Gasteiger partial charge in [-0.2, -0.15) is 0 Å². The van der Waals surface area contributed by atoms with Gasteiger partial charge in [-0.3, -0.25) is 19.2 Å². The Hall–Kier alpha value is -2.54. The first-order chi connectivity index (χ1) is 20.7. The third-order valence-electron chi connectivity index (χ3n) is 9.83. The summed E-state index contributed by atoms with van der Waals surface area (Å²) in [6, 6.07) is -3.60. The summed E-state index contributed by atoms with van der Waals surface area (Å²) in [5, 5.41) is 11.1. The molecule has 3 fully saturated rings. The van der Waals surface area contributed by atoms with Crippen LogP contribution in [0.25, 0.3) is 0 Å². The normalized spacial score (nSPS) is 26.3. The summed E-state index contributed by atoms with van der Waals surface area (Å²) in [7, 11) is 0.303. The van der Waals surface area contributed by atoms with Gasteiger partial charge in [-0.15, -0.1) is 0 Å². The van der Waals surface area contributed by atoms with Crippen LogP contribution in [0.2, 0.25) is 0 Å². The first-order valence-electron chi connectivity index (χ1n) is 16.3. The molecule has 0 radical (unpaired) electrons. The lowest BCUT2D eigenvalue weighted by Crippen LogP contribution is -2.62. The Morgan fingerprint density at radius 1 is 0.978 bits per heavy atom. The number of likely N-dealkylation sites (tertiary alicyclic amines) is 1. The van der Waals surface area contributed by atoms with Crippen molar-refractivity contribution in [3.63, 3.8) is 0 Å². The Balaban J connectivity index is 1.82. The number of Topliss-reactive ketones (excluding diaryl/α,β-unsaturated/α-hetero) is 1. The van der Waals surface area contributed by atoms with Gasteiger partial charge in [0.2, 0.25) is 17.6 Å². The molecule has 0 aromatic heterocycles. The number of fused-ring (bicyclic) bond motifs is 1. The number of hydrogen-bond donors (Lipinski definition) is 4. The van der Waals surface area contributed by atoms with Crippen molar-refractivity contribution in [2.75, 3.05) is 32.4 Å². The summed E-state index contributed by atoms with van der Waals surface area (Å²) in [5.74, 6) is -1.69. The summed E-state index contributed by atoms with van der Waals surface area (Å²) in [6.07, 6.45) is 2.59. The number of hydrogen-bond acceptors (Lipinski definition) is 6. The van der Waals surface area contributed by atoms with Crippen LogP contribution in [-0.2, 0) is 30.2 Å². The first-order valence-corrected chi connectivity index (χ1v) is 17.6. The maximum absolute atomic E-state index is 14.3.